The van der Waals surface area contributed by atoms with Crippen LogP contribution in [-0.2, 0) is 34.0 Å². The van der Waals surface area contributed by atoms with E-state index in [9.17, 15) is 14.4 Å². The first-order chi connectivity index (χ1) is 19.1. The van der Waals surface area contributed by atoms with Crippen molar-refractivity contribution in [2.45, 2.75) is 51.2 Å². The van der Waals surface area contributed by atoms with Gasteiger partial charge in [-0.2, -0.15) is 0 Å². The van der Waals surface area contributed by atoms with E-state index >= 15 is 0 Å². The van der Waals surface area contributed by atoms with Crippen molar-refractivity contribution in [3.05, 3.63) is 113 Å². The Bertz CT molecular complexity index is 1470. The highest BCUT2D eigenvalue weighted by molar-refractivity contribution is 5.81. The van der Waals surface area contributed by atoms with Gasteiger partial charge in [0.15, 0.2) is 5.78 Å². The molecule has 1 aliphatic heterocycles. The van der Waals surface area contributed by atoms with Crippen LogP contribution in [0.5, 0.6) is 0 Å². The summed E-state index contributed by atoms with van der Waals surface area (Å²) >= 11 is 0. The number of aromatic nitrogens is 2. The summed E-state index contributed by atoms with van der Waals surface area (Å²) in [6.07, 6.45) is 2.06. The van der Waals surface area contributed by atoms with E-state index in [1.54, 1.807) is 23.1 Å². The number of nitrogens with zero attached hydrogens (tertiary/aromatic N) is 3. The van der Waals surface area contributed by atoms with Crippen molar-refractivity contribution in [2.75, 3.05) is 6.54 Å². The number of fused-ring (bicyclic) bond motifs is 1. The van der Waals surface area contributed by atoms with E-state index in [2.05, 4.69) is 4.98 Å². The maximum Gasteiger partial charge on any atom is 0.410 e. The summed E-state index contributed by atoms with van der Waals surface area (Å²) in [7, 11) is 0. The van der Waals surface area contributed by atoms with Gasteiger partial charge in [-0.15, -0.1) is 0 Å². The zero-order valence-corrected chi connectivity index (χ0v) is 21.6. The van der Waals surface area contributed by atoms with Crippen molar-refractivity contribution < 1.29 is 19.1 Å². The number of rotatable bonds is 9. The molecule has 1 amide bonds. The van der Waals surface area contributed by atoms with Crippen molar-refractivity contribution >= 4 is 22.8 Å². The van der Waals surface area contributed by atoms with Crippen LogP contribution >= 0.6 is 0 Å². The van der Waals surface area contributed by atoms with Crippen molar-refractivity contribution in [1.82, 2.24) is 14.5 Å². The monoisotopic (exact) mass is 525 g/mol. The molecule has 0 saturated carbocycles. The van der Waals surface area contributed by atoms with Gasteiger partial charge in [-0.05, 0) is 36.1 Å². The molecule has 1 aromatic heterocycles. The predicted octanol–water partition coefficient (Wildman–Crippen LogP) is 4.74. The molecule has 8 heteroatoms. The van der Waals surface area contributed by atoms with Crippen LogP contribution in [-0.4, -0.2) is 45.0 Å². The Morgan fingerprint density at radius 1 is 0.872 bits per heavy atom. The van der Waals surface area contributed by atoms with Crippen LogP contribution < -0.4 is 5.56 Å². The van der Waals surface area contributed by atoms with Crippen molar-refractivity contribution in [3.8, 4) is 0 Å². The maximum atomic E-state index is 13.3. The van der Waals surface area contributed by atoms with Gasteiger partial charge in [0.25, 0.3) is 5.56 Å². The third kappa shape index (κ3) is 6.59. The summed E-state index contributed by atoms with van der Waals surface area (Å²) in [6.45, 7) is 0.849. The smallest absolute Gasteiger partial charge is 0.410 e. The molecule has 0 spiro atoms. The first kappa shape index (κ1) is 26.3. The molecule has 1 saturated heterocycles. The number of Topliss-reactive ketones (excluding diaryl/α,β-unsaturated/α-hetero) is 1. The zero-order valence-electron chi connectivity index (χ0n) is 21.6. The highest BCUT2D eigenvalue weighted by atomic mass is 16.6. The SMILES string of the molecule is O=C(C[C@H]1[C@H](OCc2ccccc2)CCCN1C(=O)OCc1ccccc1)Cn1cnc2ccccc2c1=O. The molecule has 5 rings (SSSR count). The Morgan fingerprint density at radius 2 is 1.54 bits per heavy atom. The van der Waals surface area contributed by atoms with Crippen LogP contribution in [0.15, 0.2) is 96.1 Å². The van der Waals surface area contributed by atoms with Gasteiger partial charge in [0.2, 0.25) is 0 Å². The number of benzene rings is 3. The van der Waals surface area contributed by atoms with Crippen LogP contribution in [0.3, 0.4) is 0 Å². The van der Waals surface area contributed by atoms with Crippen LogP contribution in [0.2, 0.25) is 0 Å². The Balaban J connectivity index is 1.32. The lowest BCUT2D eigenvalue weighted by Gasteiger charge is -2.40. The molecule has 1 aliphatic rings. The second kappa shape index (κ2) is 12.5. The number of carbonyl (C=O) groups excluding carboxylic acids is 2. The minimum Gasteiger partial charge on any atom is -0.445 e. The Labute approximate surface area is 226 Å². The number of para-hydroxylation sites is 1. The molecule has 4 aromatic rings. The van der Waals surface area contributed by atoms with Gasteiger partial charge in [-0.25, -0.2) is 9.78 Å². The van der Waals surface area contributed by atoms with Crippen LogP contribution in [0.1, 0.15) is 30.4 Å². The standard InChI is InChI=1S/C31H31N3O5/c35-25(19-33-22-32-27-15-8-7-14-26(27)30(33)36)18-28-29(38-20-23-10-3-1-4-11-23)16-9-17-34(28)31(37)39-21-24-12-5-2-6-13-24/h1-8,10-15,22,28-29H,9,16-21H2/t28-,29+/m0/s1. The Hall–Kier alpha value is -4.30. The van der Waals surface area contributed by atoms with Gasteiger partial charge in [0.1, 0.15) is 6.61 Å². The molecule has 8 nitrogen and oxygen atoms in total. The largest absolute Gasteiger partial charge is 0.445 e. The normalized spacial score (nSPS) is 17.2. The van der Waals surface area contributed by atoms with E-state index in [0.29, 0.717) is 30.5 Å². The molecule has 39 heavy (non-hydrogen) atoms. The lowest BCUT2D eigenvalue weighted by Crippen LogP contribution is -2.53. The van der Waals surface area contributed by atoms with Crippen LogP contribution in [0, 0.1) is 0 Å². The number of ether oxygens (including phenoxy) is 2. The lowest BCUT2D eigenvalue weighted by atomic mass is 9.94. The fourth-order valence-corrected chi connectivity index (χ4v) is 4.97. The zero-order chi connectivity index (χ0) is 27.0. The first-order valence-corrected chi connectivity index (χ1v) is 13.2. The number of ketones is 1. The molecule has 200 valence electrons. The molecule has 0 bridgehead atoms. The second-order valence-electron chi connectivity index (χ2n) is 9.72. The number of hydrogen-bond donors (Lipinski definition) is 0. The summed E-state index contributed by atoms with van der Waals surface area (Å²) in [5, 5.41) is 0.459. The van der Waals surface area contributed by atoms with E-state index in [1.165, 1.54) is 10.9 Å². The molecule has 2 heterocycles. The first-order valence-electron chi connectivity index (χ1n) is 13.2. The summed E-state index contributed by atoms with van der Waals surface area (Å²) < 4.78 is 13.2. The average Bonchev–Trinajstić information content (AvgIpc) is 2.98. The summed E-state index contributed by atoms with van der Waals surface area (Å²) in [6, 6.07) is 25.8. The van der Waals surface area contributed by atoms with Crippen molar-refractivity contribution in [3.63, 3.8) is 0 Å². The topological polar surface area (TPSA) is 90.7 Å². The van der Waals surface area contributed by atoms with Crippen molar-refractivity contribution in [2.24, 2.45) is 0 Å². The van der Waals surface area contributed by atoms with Crippen LogP contribution in [0.4, 0.5) is 4.79 Å². The molecule has 3 aromatic carbocycles. The number of piperidine rings is 1. The average molecular weight is 526 g/mol. The van der Waals surface area contributed by atoms with Gasteiger partial charge in [-0.1, -0.05) is 72.8 Å². The number of likely N-dealkylation sites (tertiary alicyclic amines) is 1. The molecular weight excluding hydrogens is 494 g/mol. The number of carbonyl (C=O) groups is 2. The quantitative estimate of drug-likeness (QED) is 0.314. The highest BCUT2D eigenvalue weighted by Crippen LogP contribution is 2.26. The molecule has 0 radical (unpaired) electrons. The van der Waals surface area contributed by atoms with Gasteiger partial charge in [0.05, 0.1) is 42.5 Å². The summed E-state index contributed by atoms with van der Waals surface area (Å²) in [5.74, 6) is -0.185. The highest BCUT2D eigenvalue weighted by Gasteiger charge is 2.37. The number of amides is 1. The van der Waals surface area contributed by atoms with Gasteiger partial charge in [0, 0.05) is 13.0 Å². The second-order valence-corrected chi connectivity index (χ2v) is 9.72. The molecular formula is C31H31N3O5. The summed E-state index contributed by atoms with van der Waals surface area (Å²) in [4.78, 5) is 45.4. The third-order valence-corrected chi connectivity index (χ3v) is 6.98. The minimum atomic E-state index is -0.512. The predicted molar refractivity (Wildman–Crippen MR) is 147 cm³/mol. The number of hydrogen-bond acceptors (Lipinski definition) is 6. The lowest BCUT2D eigenvalue weighted by molar-refractivity contribution is -0.123. The summed E-state index contributed by atoms with van der Waals surface area (Å²) in [5.41, 5.74) is 2.21. The molecule has 2 atom stereocenters. The van der Waals surface area contributed by atoms with Crippen LogP contribution in [0.25, 0.3) is 10.9 Å². The van der Waals surface area contributed by atoms with E-state index < -0.39 is 12.1 Å². The van der Waals surface area contributed by atoms with E-state index in [0.717, 1.165) is 17.5 Å². The molecule has 0 aliphatic carbocycles. The Kier molecular flexibility index (Phi) is 8.43. The van der Waals surface area contributed by atoms with Gasteiger partial charge in [-0.3, -0.25) is 14.2 Å². The van der Waals surface area contributed by atoms with E-state index in [4.69, 9.17) is 9.47 Å². The minimum absolute atomic E-state index is 0.0408. The van der Waals surface area contributed by atoms with Gasteiger partial charge >= 0.3 is 6.09 Å². The molecule has 0 unspecified atom stereocenters. The molecule has 0 N–H and O–H groups in total. The van der Waals surface area contributed by atoms with E-state index in [-0.39, 0.29) is 37.0 Å². The fourth-order valence-electron chi connectivity index (χ4n) is 4.97. The molecule has 1 fully saturated rings. The Morgan fingerprint density at radius 3 is 2.28 bits per heavy atom. The van der Waals surface area contributed by atoms with E-state index in [1.807, 2.05) is 66.7 Å². The van der Waals surface area contributed by atoms with Crippen molar-refractivity contribution in [1.29, 1.82) is 0 Å². The fraction of sp³-hybridized carbons (Fsp3) is 0.290. The third-order valence-electron chi connectivity index (χ3n) is 6.98. The van der Waals surface area contributed by atoms with Gasteiger partial charge < -0.3 is 14.4 Å². The maximum absolute atomic E-state index is 13.3.